The summed E-state index contributed by atoms with van der Waals surface area (Å²) in [4.78, 5) is 10.7. The number of carboxylic acids is 1. The van der Waals surface area contributed by atoms with Gasteiger partial charge in [0.25, 0.3) is 0 Å². The van der Waals surface area contributed by atoms with E-state index in [1.165, 1.54) is 0 Å². The van der Waals surface area contributed by atoms with Crippen LogP contribution in [0.1, 0.15) is 0 Å². The minimum absolute atomic E-state index is 0.517. The topological polar surface area (TPSA) is 153 Å². The first-order valence-electron chi connectivity index (χ1n) is 4.91. The van der Waals surface area contributed by atoms with Gasteiger partial charge in [0.1, 0.15) is 18.3 Å². The molecule has 98 valence electrons. The molecular weight excluding hydrogens is 234 g/mol. The Morgan fingerprint density at radius 1 is 1.53 bits per heavy atom. The van der Waals surface area contributed by atoms with E-state index in [0.29, 0.717) is 0 Å². The lowest BCUT2D eigenvalue weighted by molar-refractivity contribution is -0.154. The molecule has 1 aliphatic heterocycles. The third kappa shape index (κ3) is 2.93. The second-order valence-corrected chi connectivity index (χ2v) is 3.73. The number of aliphatic hydroxyl groups is 4. The smallest absolute Gasteiger partial charge is 0.370 e. The van der Waals surface area contributed by atoms with Crippen molar-refractivity contribution in [3.8, 4) is 0 Å². The second-order valence-electron chi connectivity index (χ2n) is 3.73. The van der Waals surface area contributed by atoms with Crippen LogP contribution in [-0.4, -0.2) is 68.6 Å². The number of aliphatic carboxylic acids is 1. The van der Waals surface area contributed by atoms with E-state index in [2.05, 4.69) is 0 Å². The van der Waals surface area contributed by atoms with Gasteiger partial charge in [-0.3, -0.25) is 0 Å². The normalized spacial score (nSPS) is 32.3. The molecule has 0 amide bonds. The molecule has 0 saturated carbocycles. The summed E-state index contributed by atoms with van der Waals surface area (Å²) >= 11 is 0. The molecule has 0 aromatic rings. The molecule has 1 aliphatic rings. The number of rotatable bonds is 4. The molecule has 8 nitrogen and oxygen atoms in total. The van der Waals surface area contributed by atoms with Gasteiger partial charge in [-0.1, -0.05) is 0 Å². The van der Waals surface area contributed by atoms with Crippen LogP contribution in [-0.2, 0) is 9.53 Å². The van der Waals surface area contributed by atoms with Gasteiger partial charge in [0.05, 0.1) is 12.6 Å². The van der Waals surface area contributed by atoms with Gasteiger partial charge in [-0.25, -0.2) is 4.79 Å². The molecule has 1 rings (SSSR count). The van der Waals surface area contributed by atoms with Crippen molar-refractivity contribution in [1.82, 2.24) is 0 Å². The van der Waals surface area contributed by atoms with Crippen molar-refractivity contribution in [2.24, 2.45) is 5.73 Å². The number of ether oxygens (including phenoxy) is 1. The van der Waals surface area contributed by atoms with E-state index in [1.807, 2.05) is 0 Å². The quantitative estimate of drug-likeness (QED) is 0.304. The summed E-state index contributed by atoms with van der Waals surface area (Å²) in [5, 5.41) is 45.7. The second kappa shape index (κ2) is 5.43. The summed E-state index contributed by atoms with van der Waals surface area (Å²) < 4.78 is 4.83. The first-order chi connectivity index (χ1) is 7.88. The highest BCUT2D eigenvalue weighted by Crippen LogP contribution is 2.21. The van der Waals surface area contributed by atoms with E-state index in [1.54, 1.807) is 0 Å². The molecule has 5 atom stereocenters. The maximum absolute atomic E-state index is 10.7. The van der Waals surface area contributed by atoms with Crippen molar-refractivity contribution >= 4 is 5.97 Å². The first-order valence-corrected chi connectivity index (χ1v) is 4.91. The summed E-state index contributed by atoms with van der Waals surface area (Å²) in [6, 6.07) is -1.04. The van der Waals surface area contributed by atoms with Gasteiger partial charge in [0, 0.05) is 0 Å². The number of hydrogen-bond acceptors (Lipinski definition) is 7. The lowest BCUT2D eigenvalue weighted by atomic mass is 9.95. The molecule has 17 heavy (non-hydrogen) atoms. The maximum atomic E-state index is 10.7. The third-order valence-corrected chi connectivity index (χ3v) is 2.47. The van der Waals surface area contributed by atoms with Crippen LogP contribution in [0, 0.1) is 0 Å². The van der Waals surface area contributed by atoms with Crippen molar-refractivity contribution in [2.45, 2.75) is 30.5 Å². The Hall–Kier alpha value is -1.19. The van der Waals surface area contributed by atoms with Crippen LogP contribution in [0.3, 0.4) is 0 Å². The van der Waals surface area contributed by atoms with Gasteiger partial charge in [0.2, 0.25) is 5.76 Å². The highest BCUT2D eigenvalue weighted by molar-refractivity contribution is 5.84. The number of carbonyl (C=O) groups is 1. The molecule has 8 heteroatoms. The summed E-state index contributed by atoms with van der Waals surface area (Å²) in [7, 11) is 0. The zero-order chi connectivity index (χ0) is 13.2. The summed E-state index contributed by atoms with van der Waals surface area (Å²) in [5.41, 5.74) is 5.45. The minimum atomic E-state index is -1.65. The largest absolute Gasteiger partial charge is 0.478 e. The van der Waals surface area contributed by atoms with Gasteiger partial charge < -0.3 is 36.0 Å². The van der Waals surface area contributed by atoms with Crippen LogP contribution in [0.15, 0.2) is 11.8 Å². The SMILES string of the molecule is NC1C=C(C(=O)O)OC([C@@H](O)[C@@H](O)CO)C1O. The molecule has 0 bridgehead atoms. The Morgan fingerprint density at radius 3 is 2.59 bits per heavy atom. The summed E-state index contributed by atoms with van der Waals surface area (Å²) in [6.07, 6.45) is -5.00. The van der Waals surface area contributed by atoms with Crippen LogP contribution in [0.4, 0.5) is 0 Å². The number of aliphatic hydroxyl groups excluding tert-OH is 4. The minimum Gasteiger partial charge on any atom is -0.478 e. The molecule has 0 aromatic heterocycles. The Labute approximate surface area is 96.5 Å². The van der Waals surface area contributed by atoms with E-state index in [4.69, 9.17) is 20.7 Å². The monoisotopic (exact) mass is 249 g/mol. The average Bonchev–Trinajstić information content (AvgIpc) is 2.30. The molecule has 0 aromatic carbocycles. The van der Waals surface area contributed by atoms with Crippen LogP contribution < -0.4 is 5.73 Å². The van der Waals surface area contributed by atoms with E-state index >= 15 is 0 Å². The Morgan fingerprint density at radius 2 is 2.12 bits per heavy atom. The Kier molecular flexibility index (Phi) is 4.43. The van der Waals surface area contributed by atoms with Gasteiger partial charge >= 0.3 is 5.97 Å². The fraction of sp³-hybridized carbons (Fsp3) is 0.667. The number of carboxylic acid groups (broad SMARTS) is 1. The van der Waals surface area contributed by atoms with Crippen LogP contribution in [0.2, 0.25) is 0 Å². The molecule has 1 heterocycles. The predicted octanol–water partition coefficient (Wildman–Crippen LogP) is -3.24. The first kappa shape index (κ1) is 13.9. The molecule has 0 radical (unpaired) electrons. The van der Waals surface area contributed by atoms with Crippen molar-refractivity contribution in [3.05, 3.63) is 11.8 Å². The zero-order valence-corrected chi connectivity index (χ0v) is 8.80. The third-order valence-electron chi connectivity index (χ3n) is 2.47. The fourth-order valence-electron chi connectivity index (χ4n) is 1.47. The molecular formula is C9H15NO7. The zero-order valence-electron chi connectivity index (χ0n) is 8.80. The Bertz CT molecular complexity index is 318. The van der Waals surface area contributed by atoms with E-state index < -0.39 is 48.8 Å². The molecule has 0 saturated heterocycles. The van der Waals surface area contributed by atoms with Crippen molar-refractivity contribution in [1.29, 1.82) is 0 Å². The van der Waals surface area contributed by atoms with E-state index in [9.17, 15) is 20.1 Å². The summed E-state index contributed by atoms with van der Waals surface area (Å²) in [5.74, 6) is -1.92. The van der Waals surface area contributed by atoms with Crippen LogP contribution in [0.25, 0.3) is 0 Å². The molecule has 0 fully saturated rings. The van der Waals surface area contributed by atoms with Gasteiger partial charge in [-0.2, -0.15) is 0 Å². The maximum Gasteiger partial charge on any atom is 0.370 e. The lowest BCUT2D eigenvalue weighted by Gasteiger charge is -2.35. The van der Waals surface area contributed by atoms with Crippen molar-refractivity contribution < 1.29 is 35.1 Å². The number of hydrogen-bond donors (Lipinski definition) is 6. The van der Waals surface area contributed by atoms with E-state index in [-0.39, 0.29) is 0 Å². The highest BCUT2D eigenvalue weighted by atomic mass is 16.5. The highest BCUT2D eigenvalue weighted by Gasteiger charge is 2.40. The molecule has 7 N–H and O–H groups in total. The summed E-state index contributed by atoms with van der Waals surface area (Å²) in [6.45, 7) is -0.755. The Balaban J connectivity index is 2.87. The predicted molar refractivity (Wildman–Crippen MR) is 53.7 cm³/mol. The standard InChI is InChI=1S/C9H15NO7/c10-3-1-5(9(15)16)17-8(6(3)13)7(14)4(12)2-11/h1,3-4,6-8,11-14H,2,10H2,(H,15,16)/t3?,4-,6?,7-,8?/m0/s1. The van der Waals surface area contributed by atoms with Gasteiger partial charge in [0.15, 0.2) is 6.10 Å². The van der Waals surface area contributed by atoms with Gasteiger partial charge in [-0.05, 0) is 6.08 Å². The number of nitrogens with two attached hydrogens (primary N) is 1. The lowest BCUT2D eigenvalue weighted by Crippen LogP contribution is -2.55. The van der Waals surface area contributed by atoms with Crippen LogP contribution >= 0.6 is 0 Å². The molecule has 3 unspecified atom stereocenters. The van der Waals surface area contributed by atoms with E-state index in [0.717, 1.165) is 6.08 Å². The average molecular weight is 249 g/mol. The van der Waals surface area contributed by atoms with Crippen LogP contribution in [0.5, 0.6) is 0 Å². The molecule has 0 spiro atoms. The van der Waals surface area contributed by atoms with Crippen molar-refractivity contribution in [3.63, 3.8) is 0 Å². The molecule has 0 aliphatic carbocycles. The van der Waals surface area contributed by atoms with Gasteiger partial charge in [-0.15, -0.1) is 0 Å². The fourth-order valence-corrected chi connectivity index (χ4v) is 1.47. The van der Waals surface area contributed by atoms with Crippen molar-refractivity contribution in [2.75, 3.05) is 6.61 Å².